The van der Waals surface area contributed by atoms with Crippen LogP contribution < -0.4 is 5.73 Å². The van der Waals surface area contributed by atoms with Crippen molar-refractivity contribution in [1.29, 1.82) is 0 Å². The van der Waals surface area contributed by atoms with Crippen LogP contribution in [0, 0.1) is 0 Å². The minimum Gasteiger partial charge on any atom is -0.326 e. The zero-order valence-corrected chi connectivity index (χ0v) is 15.5. The van der Waals surface area contributed by atoms with Gasteiger partial charge in [-0.2, -0.15) is 0 Å². The Kier molecular flexibility index (Phi) is 8.29. The Morgan fingerprint density at radius 2 is 2.00 bits per heavy atom. The van der Waals surface area contributed by atoms with Crippen LogP contribution in [0.1, 0.15) is 37.6 Å². The molecule has 2 unspecified atom stereocenters. The maximum absolute atomic E-state index is 6.41. The van der Waals surface area contributed by atoms with Crippen LogP contribution in [0.2, 0.25) is 0 Å². The largest absolute Gasteiger partial charge is 0.326 e. The molecule has 0 bridgehead atoms. The van der Waals surface area contributed by atoms with Crippen molar-refractivity contribution < 1.29 is 0 Å². The van der Waals surface area contributed by atoms with E-state index in [0.29, 0.717) is 6.04 Å². The van der Waals surface area contributed by atoms with Gasteiger partial charge in [-0.05, 0) is 62.0 Å². The highest BCUT2D eigenvalue weighted by Gasteiger charge is 2.25. The normalized spacial score (nSPS) is 15.0. The lowest BCUT2D eigenvalue weighted by Crippen LogP contribution is -2.41. The van der Waals surface area contributed by atoms with Gasteiger partial charge >= 0.3 is 0 Å². The lowest BCUT2D eigenvalue weighted by molar-refractivity contribution is 0.173. The van der Waals surface area contributed by atoms with E-state index in [9.17, 15) is 0 Å². The van der Waals surface area contributed by atoms with E-state index in [-0.39, 0.29) is 6.04 Å². The molecule has 1 rings (SSSR count). The molecule has 1 aromatic rings. The number of hydrogen-bond donors (Lipinski definition) is 1. The molecule has 20 heavy (non-hydrogen) atoms. The summed E-state index contributed by atoms with van der Waals surface area (Å²) in [7, 11) is 4.25. The van der Waals surface area contributed by atoms with Gasteiger partial charge in [-0.3, -0.25) is 4.90 Å². The molecule has 3 nitrogen and oxygen atoms in total. The van der Waals surface area contributed by atoms with Gasteiger partial charge in [0.05, 0.1) is 6.04 Å². The van der Waals surface area contributed by atoms with Crippen LogP contribution >= 0.6 is 27.3 Å². The average molecular weight is 362 g/mol. The van der Waals surface area contributed by atoms with E-state index in [1.165, 1.54) is 11.3 Å². The maximum atomic E-state index is 6.41. The van der Waals surface area contributed by atoms with Crippen LogP contribution in [0.25, 0.3) is 0 Å². The third kappa shape index (κ3) is 5.45. The van der Waals surface area contributed by atoms with Crippen molar-refractivity contribution in [3.8, 4) is 0 Å². The van der Waals surface area contributed by atoms with E-state index < -0.39 is 0 Å². The van der Waals surface area contributed by atoms with E-state index in [2.05, 4.69) is 65.1 Å². The van der Waals surface area contributed by atoms with Crippen molar-refractivity contribution in [2.45, 2.75) is 38.8 Å². The topological polar surface area (TPSA) is 32.5 Å². The summed E-state index contributed by atoms with van der Waals surface area (Å²) >= 11 is 5.36. The highest BCUT2D eigenvalue weighted by molar-refractivity contribution is 9.10. The predicted molar refractivity (Wildman–Crippen MR) is 93.4 cm³/mol. The number of thiophene rings is 1. The molecule has 0 saturated carbocycles. The van der Waals surface area contributed by atoms with E-state index in [0.717, 1.165) is 30.5 Å². The summed E-state index contributed by atoms with van der Waals surface area (Å²) < 4.78 is 1.16. The number of halogens is 1. The van der Waals surface area contributed by atoms with Crippen molar-refractivity contribution >= 4 is 27.3 Å². The van der Waals surface area contributed by atoms with Gasteiger partial charge in [0.25, 0.3) is 0 Å². The molecule has 0 radical (unpaired) electrons. The van der Waals surface area contributed by atoms with Crippen LogP contribution in [-0.4, -0.2) is 49.6 Å². The molecule has 1 aromatic heterocycles. The minimum atomic E-state index is 0.194. The molecule has 116 valence electrons. The van der Waals surface area contributed by atoms with Gasteiger partial charge in [-0.15, -0.1) is 11.3 Å². The maximum Gasteiger partial charge on any atom is 0.0593 e. The first-order valence-corrected chi connectivity index (χ1v) is 9.05. The van der Waals surface area contributed by atoms with Gasteiger partial charge in [0, 0.05) is 27.3 Å². The van der Waals surface area contributed by atoms with Gasteiger partial charge < -0.3 is 10.6 Å². The summed E-state index contributed by atoms with van der Waals surface area (Å²) in [4.78, 5) is 6.14. The van der Waals surface area contributed by atoms with Crippen molar-refractivity contribution in [3.05, 3.63) is 20.8 Å². The minimum absolute atomic E-state index is 0.194. The van der Waals surface area contributed by atoms with Crippen LogP contribution in [0.5, 0.6) is 0 Å². The zero-order chi connectivity index (χ0) is 15.1. The highest BCUT2D eigenvalue weighted by Crippen LogP contribution is 2.32. The first-order chi connectivity index (χ1) is 9.49. The quantitative estimate of drug-likeness (QED) is 0.729. The van der Waals surface area contributed by atoms with E-state index in [1.807, 2.05) is 0 Å². The summed E-state index contributed by atoms with van der Waals surface area (Å²) in [6.07, 6.45) is 2.19. The molecular formula is C15H28BrN3S. The molecule has 0 spiro atoms. The van der Waals surface area contributed by atoms with E-state index >= 15 is 0 Å². The summed E-state index contributed by atoms with van der Waals surface area (Å²) in [6, 6.07) is 2.75. The number of rotatable bonds is 9. The van der Waals surface area contributed by atoms with Gasteiger partial charge in [-0.25, -0.2) is 0 Å². The van der Waals surface area contributed by atoms with Crippen molar-refractivity contribution in [1.82, 2.24) is 9.80 Å². The fourth-order valence-corrected chi connectivity index (χ4v) is 4.11. The highest BCUT2D eigenvalue weighted by atomic mass is 79.9. The lowest BCUT2D eigenvalue weighted by Gasteiger charge is -2.34. The second kappa shape index (κ2) is 9.15. The number of likely N-dealkylation sites (N-methyl/N-ethyl adjacent to an activating group) is 1. The monoisotopic (exact) mass is 361 g/mol. The first-order valence-electron chi connectivity index (χ1n) is 7.37. The van der Waals surface area contributed by atoms with Crippen LogP contribution in [0.15, 0.2) is 15.9 Å². The van der Waals surface area contributed by atoms with Crippen LogP contribution in [0.4, 0.5) is 0 Å². The molecule has 0 aromatic carbocycles. The second-order valence-electron chi connectivity index (χ2n) is 5.47. The molecule has 5 heteroatoms. The predicted octanol–water partition coefficient (Wildman–Crippen LogP) is 3.56. The van der Waals surface area contributed by atoms with E-state index in [1.54, 1.807) is 11.3 Å². The average Bonchev–Trinajstić information content (AvgIpc) is 2.82. The number of hydrogen-bond acceptors (Lipinski definition) is 4. The molecule has 0 aliphatic carbocycles. The Morgan fingerprint density at radius 3 is 2.45 bits per heavy atom. The third-order valence-corrected chi connectivity index (χ3v) is 5.37. The molecule has 0 aliphatic heterocycles. The Bertz CT molecular complexity index is 381. The van der Waals surface area contributed by atoms with Gasteiger partial charge in [0.1, 0.15) is 0 Å². The first kappa shape index (κ1) is 18.1. The molecule has 1 heterocycles. The second-order valence-corrected chi connectivity index (χ2v) is 7.33. The van der Waals surface area contributed by atoms with Crippen LogP contribution in [-0.2, 0) is 0 Å². The van der Waals surface area contributed by atoms with Crippen molar-refractivity contribution in [2.75, 3.05) is 33.7 Å². The Balaban J connectivity index is 2.79. The van der Waals surface area contributed by atoms with Crippen molar-refractivity contribution in [2.24, 2.45) is 5.73 Å². The lowest BCUT2D eigenvalue weighted by atomic mass is 10.0. The smallest absolute Gasteiger partial charge is 0.0593 e. The summed E-state index contributed by atoms with van der Waals surface area (Å²) in [6.45, 7) is 7.67. The zero-order valence-electron chi connectivity index (χ0n) is 13.1. The number of nitrogens with zero attached hydrogens (tertiary/aromatic N) is 2. The Morgan fingerprint density at radius 1 is 1.30 bits per heavy atom. The summed E-state index contributed by atoms with van der Waals surface area (Å²) in [5, 5.41) is 2.15. The SMILES string of the molecule is CCC(N)C(c1cc(Br)cs1)N(CC)CCCN(C)C. The molecule has 2 N–H and O–H groups in total. The third-order valence-electron chi connectivity index (χ3n) is 3.61. The van der Waals surface area contributed by atoms with Crippen LogP contribution in [0.3, 0.4) is 0 Å². The molecule has 0 saturated heterocycles. The molecule has 2 atom stereocenters. The van der Waals surface area contributed by atoms with E-state index in [4.69, 9.17) is 5.73 Å². The molecular weight excluding hydrogens is 334 g/mol. The molecule has 0 amide bonds. The van der Waals surface area contributed by atoms with Gasteiger partial charge in [0.2, 0.25) is 0 Å². The fraction of sp³-hybridized carbons (Fsp3) is 0.733. The summed E-state index contributed by atoms with van der Waals surface area (Å²) in [5.74, 6) is 0. The fourth-order valence-electron chi connectivity index (χ4n) is 2.45. The molecule has 0 fully saturated rings. The van der Waals surface area contributed by atoms with Gasteiger partial charge in [-0.1, -0.05) is 13.8 Å². The van der Waals surface area contributed by atoms with Gasteiger partial charge in [0.15, 0.2) is 0 Å². The number of nitrogens with two attached hydrogens (primary N) is 1. The molecule has 0 aliphatic rings. The Labute approximate surface area is 136 Å². The standard InChI is InChI=1S/C15H28BrN3S/c1-5-13(17)15(14-10-12(16)11-20-14)19(6-2)9-7-8-18(3)4/h10-11,13,15H,5-9,17H2,1-4H3. The summed E-state index contributed by atoms with van der Waals surface area (Å²) in [5.41, 5.74) is 6.41. The Hall–Kier alpha value is 0.0600. The van der Waals surface area contributed by atoms with Crippen molar-refractivity contribution in [3.63, 3.8) is 0 Å².